The Labute approximate surface area is 144 Å². The van der Waals surface area contributed by atoms with E-state index in [0.29, 0.717) is 12.7 Å². The van der Waals surface area contributed by atoms with Crippen molar-refractivity contribution in [1.29, 1.82) is 0 Å². The molecule has 0 saturated carbocycles. The van der Waals surface area contributed by atoms with Crippen molar-refractivity contribution in [2.24, 2.45) is 0 Å². The van der Waals surface area contributed by atoms with Gasteiger partial charge in [0.05, 0.1) is 18.3 Å². The Hall–Kier alpha value is -1.28. The van der Waals surface area contributed by atoms with Crippen LogP contribution in [0, 0.1) is 0 Å². The zero-order valence-electron chi connectivity index (χ0n) is 16.0. The molecule has 0 aromatic rings. The zero-order chi connectivity index (χ0) is 18.8. The molecular formula is C16H30BNO6. The van der Waals surface area contributed by atoms with Gasteiger partial charge in [0.15, 0.2) is 0 Å². The number of ether oxygens (including phenoxy) is 2. The van der Waals surface area contributed by atoms with Gasteiger partial charge < -0.3 is 24.1 Å². The lowest BCUT2D eigenvalue weighted by Gasteiger charge is -2.32. The van der Waals surface area contributed by atoms with Crippen molar-refractivity contribution in [3.8, 4) is 0 Å². The second kappa shape index (κ2) is 7.31. The Morgan fingerprint density at radius 3 is 2.04 bits per heavy atom. The monoisotopic (exact) mass is 343 g/mol. The van der Waals surface area contributed by atoms with Gasteiger partial charge in [-0.2, -0.15) is 0 Å². The Morgan fingerprint density at radius 2 is 1.62 bits per heavy atom. The molecule has 8 heteroatoms. The van der Waals surface area contributed by atoms with E-state index in [1.54, 1.807) is 20.8 Å². The fourth-order valence-electron chi connectivity index (χ4n) is 2.23. The summed E-state index contributed by atoms with van der Waals surface area (Å²) in [6, 6.07) is -0.816. The predicted molar refractivity (Wildman–Crippen MR) is 90.7 cm³/mol. The van der Waals surface area contributed by atoms with E-state index in [9.17, 15) is 9.59 Å². The van der Waals surface area contributed by atoms with Crippen LogP contribution in [0.15, 0.2) is 0 Å². The minimum atomic E-state index is -0.816. The number of hydrogen-bond donors (Lipinski definition) is 1. The van der Waals surface area contributed by atoms with Crippen molar-refractivity contribution in [3.05, 3.63) is 0 Å². The maximum Gasteiger partial charge on any atom is 0.457 e. The van der Waals surface area contributed by atoms with Crippen LogP contribution < -0.4 is 5.32 Å². The first-order chi connectivity index (χ1) is 10.8. The first-order valence-corrected chi connectivity index (χ1v) is 8.20. The highest BCUT2D eigenvalue weighted by Gasteiger charge is 2.50. The van der Waals surface area contributed by atoms with Crippen LogP contribution in [0.4, 0.5) is 4.79 Å². The molecule has 1 aliphatic rings. The average molecular weight is 343 g/mol. The molecule has 1 rings (SSSR count). The van der Waals surface area contributed by atoms with Crippen molar-refractivity contribution in [1.82, 2.24) is 5.32 Å². The first-order valence-electron chi connectivity index (χ1n) is 8.20. The van der Waals surface area contributed by atoms with Gasteiger partial charge in [0.2, 0.25) is 0 Å². The summed E-state index contributed by atoms with van der Waals surface area (Å²) in [5.74, 6) is -0.530. The number of esters is 1. The Bertz CT molecular complexity index is 456. The maximum atomic E-state index is 11.9. The van der Waals surface area contributed by atoms with E-state index in [2.05, 4.69) is 5.32 Å². The lowest BCUT2D eigenvalue weighted by atomic mass is 9.81. The molecule has 0 bridgehead atoms. The molecule has 0 aromatic carbocycles. The number of methoxy groups -OCH3 is 1. The standard InChI is InChI=1S/C16H30BNO6/c1-14(2,3)22-13(20)18-11(12(19)21-8)9-10-17-23-15(4,5)16(6,7)24-17/h11H,9-10H2,1-8H3,(H,18,20)/t11-/m0/s1. The molecule has 0 radical (unpaired) electrons. The third-order valence-corrected chi connectivity index (χ3v) is 4.17. The quantitative estimate of drug-likeness (QED) is 0.610. The van der Waals surface area contributed by atoms with E-state index in [1.165, 1.54) is 7.11 Å². The van der Waals surface area contributed by atoms with Crippen LogP contribution in [-0.4, -0.2) is 49.1 Å². The van der Waals surface area contributed by atoms with E-state index in [-0.39, 0.29) is 0 Å². The number of carbonyl (C=O) groups is 2. The van der Waals surface area contributed by atoms with Gasteiger partial charge in [0.25, 0.3) is 0 Å². The third kappa shape index (κ3) is 5.67. The highest BCUT2D eigenvalue weighted by Crippen LogP contribution is 2.38. The number of rotatable bonds is 5. The number of amides is 1. The molecule has 138 valence electrons. The van der Waals surface area contributed by atoms with Gasteiger partial charge in [0.1, 0.15) is 11.6 Å². The largest absolute Gasteiger partial charge is 0.467 e. The van der Waals surface area contributed by atoms with Crippen LogP contribution in [0.25, 0.3) is 0 Å². The van der Waals surface area contributed by atoms with Crippen molar-refractivity contribution in [2.45, 2.75) is 84.1 Å². The Morgan fingerprint density at radius 1 is 1.12 bits per heavy atom. The number of alkyl carbamates (subject to hydrolysis) is 1. The predicted octanol–water partition coefficient (Wildman–Crippen LogP) is 2.54. The number of carbonyl (C=O) groups excluding carboxylic acids is 2. The maximum absolute atomic E-state index is 11.9. The topological polar surface area (TPSA) is 83.1 Å². The van der Waals surface area contributed by atoms with E-state index in [1.807, 2.05) is 27.7 Å². The molecule has 0 aliphatic carbocycles. The van der Waals surface area contributed by atoms with Crippen LogP contribution in [0.5, 0.6) is 0 Å². The number of hydrogen-bond acceptors (Lipinski definition) is 6. The minimum absolute atomic E-state index is 0.322. The van der Waals surface area contributed by atoms with E-state index in [0.717, 1.165) is 0 Å². The highest BCUT2D eigenvalue weighted by atomic mass is 16.7. The lowest BCUT2D eigenvalue weighted by Crippen LogP contribution is -2.44. The van der Waals surface area contributed by atoms with E-state index >= 15 is 0 Å². The zero-order valence-corrected chi connectivity index (χ0v) is 16.0. The van der Waals surface area contributed by atoms with Gasteiger partial charge in [-0.25, -0.2) is 9.59 Å². The van der Waals surface area contributed by atoms with Crippen molar-refractivity contribution in [2.75, 3.05) is 7.11 Å². The van der Waals surface area contributed by atoms with Crippen molar-refractivity contribution < 1.29 is 28.4 Å². The van der Waals surface area contributed by atoms with Crippen molar-refractivity contribution >= 4 is 19.2 Å². The summed E-state index contributed by atoms with van der Waals surface area (Å²) >= 11 is 0. The SMILES string of the molecule is COC(=O)[C@H](CCB1OC(C)(C)C(C)(C)O1)NC(=O)OC(C)(C)C. The average Bonchev–Trinajstić information content (AvgIpc) is 2.59. The normalized spacial score (nSPS) is 20.4. The fourth-order valence-corrected chi connectivity index (χ4v) is 2.23. The fraction of sp³-hybridized carbons (Fsp3) is 0.875. The summed E-state index contributed by atoms with van der Waals surface area (Å²) in [4.78, 5) is 23.8. The van der Waals surface area contributed by atoms with Crippen molar-refractivity contribution in [3.63, 3.8) is 0 Å². The lowest BCUT2D eigenvalue weighted by molar-refractivity contribution is -0.143. The Balaban J connectivity index is 2.62. The molecule has 24 heavy (non-hydrogen) atoms. The molecule has 7 nitrogen and oxygen atoms in total. The first kappa shape index (κ1) is 20.8. The summed E-state index contributed by atoms with van der Waals surface area (Å²) in [6.45, 7) is 13.1. The van der Waals surface area contributed by atoms with Gasteiger partial charge in [-0.3, -0.25) is 0 Å². The molecule has 1 atom stereocenters. The van der Waals surface area contributed by atoms with Gasteiger partial charge in [-0.15, -0.1) is 0 Å². The molecule has 1 N–H and O–H groups in total. The highest BCUT2D eigenvalue weighted by molar-refractivity contribution is 6.45. The second-order valence-corrected chi connectivity index (χ2v) is 7.99. The van der Waals surface area contributed by atoms with Crippen LogP contribution in [0.1, 0.15) is 54.9 Å². The van der Waals surface area contributed by atoms with Gasteiger partial charge in [-0.1, -0.05) is 0 Å². The van der Waals surface area contributed by atoms with Crippen LogP contribution in [0.3, 0.4) is 0 Å². The summed E-state index contributed by atoms with van der Waals surface area (Å²) in [6.07, 6.45) is 0.109. The molecule has 0 aromatic heterocycles. The smallest absolute Gasteiger partial charge is 0.457 e. The van der Waals surface area contributed by atoms with Crippen LogP contribution >= 0.6 is 0 Å². The van der Waals surface area contributed by atoms with E-state index < -0.39 is 42.0 Å². The van der Waals surface area contributed by atoms with Gasteiger partial charge >= 0.3 is 19.2 Å². The van der Waals surface area contributed by atoms with Crippen LogP contribution in [0.2, 0.25) is 6.32 Å². The summed E-state index contributed by atoms with van der Waals surface area (Å²) in [5.41, 5.74) is -1.51. The third-order valence-electron chi connectivity index (χ3n) is 4.17. The molecule has 0 spiro atoms. The molecule has 1 fully saturated rings. The molecule has 1 saturated heterocycles. The Kier molecular flexibility index (Phi) is 6.33. The summed E-state index contributed by atoms with van der Waals surface area (Å²) in [7, 11) is 0.837. The molecular weight excluding hydrogens is 313 g/mol. The van der Waals surface area contributed by atoms with Gasteiger partial charge in [-0.05, 0) is 61.2 Å². The molecule has 0 unspecified atom stereocenters. The molecule has 1 aliphatic heterocycles. The minimum Gasteiger partial charge on any atom is -0.467 e. The summed E-state index contributed by atoms with van der Waals surface area (Å²) in [5, 5.41) is 2.54. The molecule has 1 amide bonds. The molecule has 1 heterocycles. The van der Waals surface area contributed by atoms with Gasteiger partial charge in [0, 0.05) is 0 Å². The number of nitrogens with one attached hydrogen (secondary N) is 1. The van der Waals surface area contributed by atoms with Crippen LogP contribution in [-0.2, 0) is 23.6 Å². The van der Waals surface area contributed by atoms with E-state index in [4.69, 9.17) is 18.8 Å². The summed E-state index contributed by atoms with van der Waals surface area (Å²) < 4.78 is 21.7. The second-order valence-electron chi connectivity index (χ2n) is 7.99.